The molecule has 0 aromatic rings. The fourth-order valence-corrected chi connectivity index (χ4v) is 3.86. The van der Waals surface area contributed by atoms with E-state index >= 15 is 0 Å². The molecule has 4 nitrogen and oxygen atoms in total. The van der Waals surface area contributed by atoms with Crippen LogP contribution in [0.15, 0.2) is 0 Å². The van der Waals surface area contributed by atoms with E-state index in [0.29, 0.717) is 25.2 Å². The van der Waals surface area contributed by atoms with E-state index in [2.05, 4.69) is 10.8 Å². The molecule has 17 heavy (non-hydrogen) atoms. The van der Waals surface area contributed by atoms with Gasteiger partial charge in [-0.25, -0.2) is 8.42 Å². The molecular weight excluding hydrogens is 236 g/mol. The molecule has 5 heteroatoms. The first kappa shape index (κ1) is 14.5. The Hall–Kier alpha value is -0.600. The van der Waals surface area contributed by atoms with Gasteiger partial charge in [-0.2, -0.15) is 9.98 Å². The van der Waals surface area contributed by atoms with Crippen molar-refractivity contribution in [1.82, 2.24) is 4.72 Å². The zero-order valence-electron chi connectivity index (χ0n) is 10.7. The van der Waals surface area contributed by atoms with E-state index in [1.165, 1.54) is 0 Å². The van der Waals surface area contributed by atoms with Crippen molar-refractivity contribution in [3.05, 3.63) is 0 Å². The fraction of sp³-hybridized carbons (Fsp3) is 0.917. The summed E-state index contributed by atoms with van der Waals surface area (Å²) in [5.41, 5.74) is -0.839. The van der Waals surface area contributed by atoms with E-state index in [1.807, 2.05) is 13.8 Å². The first-order chi connectivity index (χ1) is 7.89. The van der Waals surface area contributed by atoms with Crippen LogP contribution in [-0.4, -0.2) is 19.7 Å². The van der Waals surface area contributed by atoms with Crippen molar-refractivity contribution in [2.75, 3.05) is 5.75 Å². The van der Waals surface area contributed by atoms with Crippen molar-refractivity contribution in [3.63, 3.8) is 0 Å². The van der Waals surface area contributed by atoms with Gasteiger partial charge in [0, 0.05) is 0 Å². The predicted octanol–water partition coefficient (Wildman–Crippen LogP) is 2.18. The van der Waals surface area contributed by atoms with Gasteiger partial charge in [-0.15, -0.1) is 0 Å². The molecule has 1 N–H and O–H groups in total. The van der Waals surface area contributed by atoms with Crippen LogP contribution >= 0.6 is 0 Å². The molecule has 0 spiro atoms. The lowest BCUT2D eigenvalue weighted by Crippen LogP contribution is -2.49. The molecule has 0 bridgehead atoms. The van der Waals surface area contributed by atoms with Crippen LogP contribution in [0.25, 0.3) is 0 Å². The Morgan fingerprint density at radius 3 is 2.35 bits per heavy atom. The molecule has 0 unspecified atom stereocenters. The second kappa shape index (κ2) is 5.83. The molecule has 0 aliphatic heterocycles. The second-order valence-corrected chi connectivity index (χ2v) is 7.20. The summed E-state index contributed by atoms with van der Waals surface area (Å²) in [5, 5.41) is 9.21. The number of sulfonamides is 1. The van der Waals surface area contributed by atoms with Gasteiger partial charge in [0.1, 0.15) is 5.54 Å². The topological polar surface area (TPSA) is 70.0 Å². The molecule has 1 rings (SSSR count). The normalized spacial score (nSPS) is 20.1. The third-order valence-corrected chi connectivity index (χ3v) is 4.71. The average Bonchev–Trinajstić information content (AvgIpc) is 2.27. The molecule has 1 saturated carbocycles. The molecule has 1 aliphatic rings. The minimum absolute atomic E-state index is 0.119. The van der Waals surface area contributed by atoms with Gasteiger partial charge in [0.15, 0.2) is 0 Å². The molecule has 0 radical (unpaired) electrons. The van der Waals surface area contributed by atoms with Crippen molar-refractivity contribution in [1.29, 1.82) is 5.26 Å². The summed E-state index contributed by atoms with van der Waals surface area (Å²) in [6.07, 6.45) is 4.88. The number of nitriles is 1. The average molecular weight is 258 g/mol. The van der Waals surface area contributed by atoms with E-state index in [4.69, 9.17) is 0 Å². The Bertz CT molecular complexity index is 376. The minimum Gasteiger partial charge on any atom is -0.212 e. The van der Waals surface area contributed by atoms with Crippen molar-refractivity contribution in [2.24, 2.45) is 5.92 Å². The first-order valence-corrected chi connectivity index (χ1v) is 7.97. The first-order valence-electron chi connectivity index (χ1n) is 6.32. The Morgan fingerprint density at radius 1 is 1.29 bits per heavy atom. The van der Waals surface area contributed by atoms with Crippen molar-refractivity contribution >= 4 is 10.0 Å². The van der Waals surface area contributed by atoms with Crippen LogP contribution < -0.4 is 4.72 Å². The molecule has 0 atom stereocenters. The van der Waals surface area contributed by atoms with Crippen LogP contribution in [0.2, 0.25) is 0 Å². The molecule has 0 heterocycles. The lowest BCUT2D eigenvalue weighted by Gasteiger charge is -2.31. The van der Waals surface area contributed by atoms with Crippen LogP contribution in [0, 0.1) is 17.2 Å². The van der Waals surface area contributed by atoms with Crippen LogP contribution in [0.4, 0.5) is 0 Å². The largest absolute Gasteiger partial charge is 0.212 e. The molecule has 0 aromatic carbocycles. The highest BCUT2D eigenvalue weighted by atomic mass is 32.2. The summed E-state index contributed by atoms with van der Waals surface area (Å²) < 4.78 is 26.4. The van der Waals surface area contributed by atoms with Gasteiger partial charge in [-0.05, 0) is 25.2 Å². The Morgan fingerprint density at radius 2 is 1.88 bits per heavy atom. The predicted molar refractivity (Wildman–Crippen MR) is 67.8 cm³/mol. The van der Waals surface area contributed by atoms with Gasteiger partial charge in [0.05, 0.1) is 11.8 Å². The molecule has 0 aromatic heterocycles. The number of hydrogen-bond donors (Lipinski definition) is 1. The Balaban J connectivity index is 2.64. The summed E-state index contributed by atoms with van der Waals surface area (Å²) in [6, 6.07) is 2.17. The summed E-state index contributed by atoms with van der Waals surface area (Å²) in [4.78, 5) is 0. The van der Waals surface area contributed by atoms with Gasteiger partial charge in [-0.1, -0.05) is 33.1 Å². The zero-order valence-corrected chi connectivity index (χ0v) is 11.5. The fourth-order valence-electron chi connectivity index (χ4n) is 2.13. The summed E-state index contributed by atoms with van der Waals surface area (Å²) >= 11 is 0. The summed E-state index contributed by atoms with van der Waals surface area (Å²) in [6.45, 7) is 3.99. The smallest absolute Gasteiger partial charge is 0.212 e. The SMILES string of the molecule is CC(C)CCS(=O)(=O)NC1(C#N)CCCCC1. The maximum Gasteiger partial charge on any atom is 0.212 e. The van der Waals surface area contributed by atoms with Crippen LogP contribution in [0.1, 0.15) is 52.4 Å². The van der Waals surface area contributed by atoms with Gasteiger partial charge in [0.2, 0.25) is 10.0 Å². The van der Waals surface area contributed by atoms with Gasteiger partial charge < -0.3 is 0 Å². The third-order valence-electron chi connectivity index (χ3n) is 3.24. The Kier molecular flexibility index (Phi) is 4.96. The van der Waals surface area contributed by atoms with E-state index in [9.17, 15) is 13.7 Å². The minimum atomic E-state index is -3.32. The van der Waals surface area contributed by atoms with E-state index in [0.717, 1.165) is 19.3 Å². The quantitative estimate of drug-likeness (QED) is 0.821. The maximum absolute atomic E-state index is 11.9. The summed E-state index contributed by atoms with van der Waals surface area (Å²) in [7, 11) is -3.32. The molecular formula is C12H22N2O2S. The van der Waals surface area contributed by atoms with Crippen LogP contribution in [0.3, 0.4) is 0 Å². The second-order valence-electron chi connectivity index (χ2n) is 5.36. The van der Waals surface area contributed by atoms with E-state index in [1.54, 1.807) is 0 Å². The highest BCUT2D eigenvalue weighted by Gasteiger charge is 2.35. The number of nitrogens with zero attached hydrogens (tertiary/aromatic N) is 1. The van der Waals surface area contributed by atoms with Crippen LogP contribution in [0.5, 0.6) is 0 Å². The molecule has 1 aliphatic carbocycles. The molecule has 0 saturated heterocycles. The van der Waals surface area contributed by atoms with Gasteiger partial charge >= 0.3 is 0 Å². The lowest BCUT2D eigenvalue weighted by atomic mass is 9.84. The van der Waals surface area contributed by atoms with E-state index in [-0.39, 0.29) is 5.75 Å². The van der Waals surface area contributed by atoms with Crippen molar-refractivity contribution in [2.45, 2.75) is 57.9 Å². The molecule has 98 valence electrons. The van der Waals surface area contributed by atoms with Gasteiger partial charge in [-0.3, -0.25) is 0 Å². The Labute approximate surface area is 104 Å². The van der Waals surface area contributed by atoms with Crippen molar-refractivity contribution in [3.8, 4) is 6.07 Å². The third kappa shape index (κ3) is 4.64. The number of nitrogens with one attached hydrogen (secondary N) is 1. The monoisotopic (exact) mass is 258 g/mol. The zero-order chi connectivity index (χ0) is 12.9. The van der Waals surface area contributed by atoms with Gasteiger partial charge in [0.25, 0.3) is 0 Å². The maximum atomic E-state index is 11.9. The molecule has 1 fully saturated rings. The van der Waals surface area contributed by atoms with Crippen molar-refractivity contribution < 1.29 is 8.42 Å². The highest BCUT2D eigenvalue weighted by molar-refractivity contribution is 7.89. The number of hydrogen-bond acceptors (Lipinski definition) is 3. The van der Waals surface area contributed by atoms with E-state index < -0.39 is 15.6 Å². The highest BCUT2D eigenvalue weighted by Crippen LogP contribution is 2.28. The van der Waals surface area contributed by atoms with Crippen LogP contribution in [-0.2, 0) is 10.0 Å². The number of rotatable bonds is 5. The standard InChI is InChI=1S/C12H22N2O2S/c1-11(2)6-9-17(15,16)14-12(10-13)7-4-3-5-8-12/h11,14H,3-9H2,1-2H3. The molecule has 0 amide bonds. The summed E-state index contributed by atoms with van der Waals surface area (Å²) in [5.74, 6) is 0.477. The lowest BCUT2D eigenvalue weighted by molar-refractivity contribution is 0.337.